The standard InChI is InChI=1S/2C21H22.2C2H6/c1-3-16-12-17(4-2)14-18(13-16)15-20-10-7-9-19-8-5-6-11-21(19)20;1-3-16-11-17(4-2)13-19(12-16)14-18-9-10-20-7-5-6-8-21(20)15-18;2*1-2/h5-14H,3-4,15H2,1-2H3;5-13,15H,3-4,14H2,1-2H3;2*1-2H3. The van der Waals surface area contributed by atoms with Crippen LogP contribution >= 0.6 is 0 Å². The van der Waals surface area contributed by atoms with Crippen LogP contribution in [0.25, 0.3) is 21.5 Å². The molecule has 0 saturated heterocycles. The Morgan fingerprint density at radius 2 is 0.761 bits per heavy atom. The van der Waals surface area contributed by atoms with Gasteiger partial charge in [-0.2, -0.15) is 0 Å². The van der Waals surface area contributed by atoms with Crippen molar-refractivity contribution in [3.63, 3.8) is 0 Å². The summed E-state index contributed by atoms with van der Waals surface area (Å²) in [5.41, 5.74) is 11.5. The topological polar surface area (TPSA) is 0 Å². The molecule has 0 atom stereocenters. The minimum absolute atomic E-state index is 1.02. The van der Waals surface area contributed by atoms with Crippen LogP contribution in [0.3, 0.4) is 0 Å². The van der Waals surface area contributed by atoms with E-state index in [1.807, 2.05) is 27.7 Å². The van der Waals surface area contributed by atoms with Gasteiger partial charge in [-0.3, -0.25) is 0 Å². The molecule has 0 aliphatic carbocycles. The zero-order chi connectivity index (χ0) is 33.3. The van der Waals surface area contributed by atoms with Crippen molar-refractivity contribution in [2.24, 2.45) is 0 Å². The molecule has 46 heavy (non-hydrogen) atoms. The quantitative estimate of drug-likeness (QED) is 0.161. The summed E-state index contributed by atoms with van der Waals surface area (Å²) < 4.78 is 0. The molecule has 0 unspecified atom stereocenters. The van der Waals surface area contributed by atoms with Crippen molar-refractivity contribution in [2.75, 3.05) is 0 Å². The highest BCUT2D eigenvalue weighted by atomic mass is 14.1. The van der Waals surface area contributed by atoms with Crippen molar-refractivity contribution in [1.82, 2.24) is 0 Å². The largest absolute Gasteiger partial charge is 0.0683 e. The van der Waals surface area contributed by atoms with Crippen LogP contribution in [0, 0.1) is 0 Å². The Morgan fingerprint density at radius 1 is 0.326 bits per heavy atom. The van der Waals surface area contributed by atoms with E-state index in [1.165, 1.54) is 66.1 Å². The predicted octanol–water partition coefficient (Wildman–Crippen LogP) is 13.2. The Kier molecular flexibility index (Phi) is 15.3. The molecule has 0 heterocycles. The highest BCUT2D eigenvalue weighted by molar-refractivity contribution is 5.86. The van der Waals surface area contributed by atoms with Crippen LogP contribution in [0.5, 0.6) is 0 Å². The van der Waals surface area contributed by atoms with Crippen LogP contribution < -0.4 is 0 Å². The lowest BCUT2D eigenvalue weighted by atomic mass is 9.95. The SMILES string of the molecule is CC.CC.CCc1cc(CC)cc(Cc2ccc3ccccc3c2)c1.CCc1cc(CC)cc(Cc2cccc3ccccc23)c1. The van der Waals surface area contributed by atoms with Crippen molar-refractivity contribution in [3.8, 4) is 0 Å². The molecule has 0 bridgehead atoms. The summed E-state index contributed by atoms with van der Waals surface area (Å²) >= 11 is 0. The Morgan fingerprint density at radius 3 is 1.30 bits per heavy atom. The van der Waals surface area contributed by atoms with E-state index in [1.54, 1.807) is 0 Å². The third kappa shape index (κ3) is 10.2. The molecule has 6 rings (SSSR count). The average molecular weight is 609 g/mol. The fourth-order valence-electron chi connectivity index (χ4n) is 5.95. The molecular formula is C46H56. The molecule has 0 aliphatic rings. The minimum Gasteiger partial charge on any atom is -0.0683 e. The van der Waals surface area contributed by atoms with Crippen LogP contribution in [-0.2, 0) is 38.5 Å². The van der Waals surface area contributed by atoms with E-state index >= 15 is 0 Å². The van der Waals surface area contributed by atoms with Gasteiger partial charge >= 0.3 is 0 Å². The second-order valence-corrected chi connectivity index (χ2v) is 11.4. The Labute approximate surface area is 280 Å². The Balaban J connectivity index is 0.000000226. The van der Waals surface area contributed by atoms with Crippen molar-refractivity contribution in [1.29, 1.82) is 0 Å². The molecule has 0 radical (unpaired) electrons. The molecule has 0 spiro atoms. The van der Waals surface area contributed by atoms with Crippen LogP contribution in [0.1, 0.15) is 99.9 Å². The van der Waals surface area contributed by atoms with E-state index in [9.17, 15) is 0 Å². The molecule has 0 saturated carbocycles. The monoisotopic (exact) mass is 608 g/mol. The lowest BCUT2D eigenvalue weighted by molar-refractivity contribution is 1.06. The molecule has 0 amide bonds. The summed E-state index contributed by atoms with van der Waals surface area (Å²) in [4.78, 5) is 0. The van der Waals surface area contributed by atoms with E-state index in [4.69, 9.17) is 0 Å². The first-order valence-electron chi connectivity index (χ1n) is 17.8. The van der Waals surface area contributed by atoms with Gasteiger partial charge in [-0.15, -0.1) is 0 Å². The molecule has 0 fully saturated rings. The normalized spacial score (nSPS) is 10.3. The summed E-state index contributed by atoms with van der Waals surface area (Å²) in [5, 5.41) is 5.35. The third-order valence-electron chi connectivity index (χ3n) is 8.35. The first-order chi connectivity index (χ1) is 22.6. The maximum Gasteiger partial charge on any atom is -0.00194 e. The van der Waals surface area contributed by atoms with Gasteiger partial charge in [0.2, 0.25) is 0 Å². The van der Waals surface area contributed by atoms with Gasteiger partial charge in [-0.05, 0) is 105 Å². The number of aryl methyl sites for hydroxylation is 4. The highest BCUT2D eigenvalue weighted by Crippen LogP contribution is 2.23. The number of hydrogen-bond acceptors (Lipinski definition) is 0. The second-order valence-electron chi connectivity index (χ2n) is 11.4. The first kappa shape index (κ1) is 36.3. The van der Waals surface area contributed by atoms with Crippen molar-refractivity contribution >= 4 is 21.5 Å². The molecule has 0 aromatic heterocycles. The van der Waals surface area contributed by atoms with E-state index in [2.05, 4.69) is 149 Å². The van der Waals surface area contributed by atoms with Crippen LogP contribution in [0.2, 0.25) is 0 Å². The smallest absolute Gasteiger partial charge is 0.00194 e. The van der Waals surface area contributed by atoms with Gasteiger partial charge in [0.05, 0.1) is 0 Å². The van der Waals surface area contributed by atoms with Gasteiger partial charge in [0.15, 0.2) is 0 Å². The van der Waals surface area contributed by atoms with Gasteiger partial charge in [0.1, 0.15) is 0 Å². The number of fused-ring (bicyclic) bond motifs is 2. The van der Waals surface area contributed by atoms with Crippen molar-refractivity contribution in [3.05, 3.63) is 166 Å². The molecule has 0 heteroatoms. The Bertz CT molecular complexity index is 1720. The zero-order valence-corrected chi connectivity index (χ0v) is 29.8. The van der Waals surface area contributed by atoms with E-state index in [0.29, 0.717) is 0 Å². The maximum absolute atomic E-state index is 2.36. The molecule has 0 aliphatic heterocycles. The third-order valence-corrected chi connectivity index (χ3v) is 8.35. The van der Waals surface area contributed by atoms with Gasteiger partial charge in [0.25, 0.3) is 0 Å². The molecular weight excluding hydrogens is 553 g/mol. The molecule has 6 aromatic carbocycles. The average Bonchev–Trinajstić information content (AvgIpc) is 3.13. The fraction of sp³-hybridized carbons (Fsp3) is 0.304. The highest BCUT2D eigenvalue weighted by Gasteiger charge is 2.05. The number of benzene rings is 6. The number of rotatable bonds is 8. The predicted molar refractivity (Wildman–Crippen MR) is 207 cm³/mol. The van der Waals surface area contributed by atoms with Gasteiger partial charge in [-0.1, -0.05) is 177 Å². The molecule has 0 nitrogen and oxygen atoms in total. The van der Waals surface area contributed by atoms with Crippen molar-refractivity contribution in [2.45, 2.75) is 93.9 Å². The van der Waals surface area contributed by atoms with Gasteiger partial charge in [-0.25, -0.2) is 0 Å². The molecule has 6 aromatic rings. The summed E-state index contributed by atoms with van der Waals surface area (Å²) in [6.07, 6.45) is 6.47. The molecule has 240 valence electrons. The lowest BCUT2D eigenvalue weighted by Crippen LogP contribution is -1.94. The number of hydrogen-bond donors (Lipinski definition) is 0. The summed E-state index contributed by atoms with van der Waals surface area (Å²) in [5.74, 6) is 0. The fourth-order valence-corrected chi connectivity index (χ4v) is 5.95. The summed E-state index contributed by atoms with van der Waals surface area (Å²) in [6, 6.07) is 44.8. The van der Waals surface area contributed by atoms with Gasteiger partial charge in [0, 0.05) is 0 Å². The lowest BCUT2D eigenvalue weighted by Gasteiger charge is -2.10. The second kappa shape index (κ2) is 19.4. The summed E-state index contributed by atoms with van der Waals surface area (Å²) in [6.45, 7) is 16.9. The first-order valence-corrected chi connectivity index (χ1v) is 17.8. The van der Waals surface area contributed by atoms with Crippen LogP contribution in [0.15, 0.2) is 121 Å². The van der Waals surface area contributed by atoms with E-state index in [0.717, 1.165) is 38.5 Å². The summed E-state index contributed by atoms with van der Waals surface area (Å²) in [7, 11) is 0. The van der Waals surface area contributed by atoms with E-state index in [-0.39, 0.29) is 0 Å². The Hall–Kier alpha value is -4.16. The van der Waals surface area contributed by atoms with Crippen LogP contribution in [-0.4, -0.2) is 0 Å². The van der Waals surface area contributed by atoms with Crippen molar-refractivity contribution < 1.29 is 0 Å². The maximum atomic E-state index is 2.36. The minimum atomic E-state index is 1.02. The van der Waals surface area contributed by atoms with Gasteiger partial charge < -0.3 is 0 Å². The van der Waals surface area contributed by atoms with E-state index < -0.39 is 0 Å². The molecule has 0 N–H and O–H groups in total. The zero-order valence-electron chi connectivity index (χ0n) is 29.8. The van der Waals surface area contributed by atoms with Crippen LogP contribution in [0.4, 0.5) is 0 Å².